The minimum absolute atomic E-state index is 0.767. The van der Waals surface area contributed by atoms with Crippen molar-refractivity contribution in [3.8, 4) is 0 Å². The van der Waals surface area contributed by atoms with Crippen molar-refractivity contribution in [2.24, 2.45) is 0 Å². The van der Waals surface area contributed by atoms with Gasteiger partial charge >= 0.3 is 6.18 Å². The average Bonchev–Trinajstić information content (AvgIpc) is 1.86. The molecule has 1 rings (SSSR count). The zero-order valence-electron chi connectivity index (χ0n) is 5.32. The van der Waals surface area contributed by atoms with Gasteiger partial charge in [-0.2, -0.15) is 13.2 Å². The largest absolute Gasteiger partial charge is 0.430 e. The molecular weight excluding hydrogens is 179 g/mol. The molecule has 62 valence electrons. The number of hydrogen-bond donors (Lipinski definition) is 1. The molecule has 5 heteroatoms. The second-order valence-electron chi connectivity index (χ2n) is 2.01. The van der Waals surface area contributed by atoms with E-state index in [2.05, 4.69) is 5.32 Å². The van der Waals surface area contributed by atoms with Crippen LogP contribution in [0, 0.1) is 0 Å². The monoisotopic (exact) mass is 183 g/mol. The van der Waals surface area contributed by atoms with Gasteiger partial charge in [-0.05, 0) is 12.2 Å². The first kappa shape index (κ1) is 8.46. The van der Waals surface area contributed by atoms with Crippen LogP contribution >= 0.6 is 11.6 Å². The van der Waals surface area contributed by atoms with E-state index in [1.54, 1.807) is 0 Å². The molecule has 1 aliphatic rings. The standard InChI is InChI=1S/C6H5ClF3N/c7-5-3-1-2-4(11-5)6(8,9)10/h1-3,5,11H. The summed E-state index contributed by atoms with van der Waals surface area (Å²) < 4.78 is 35.7. The summed E-state index contributed by atoms with van der Waals surface area (Å²) in [5.74, 6) is 0. The maximum absolute atomic E-state index is 11.9. The number of halogens is 4. The predicted octanol–water partition coefficient (Wildman–Crippen LogP) is 2.16. The fourth-order valence-electron chi connectivity index (χ4n) is 0.670. The van der Waals surface area contributed by atoms with Crippen molar-refractivity contribution < 1.29 is 13.2 Å². The SMILES string of the molecule is FC(F)(F)C1=CC=CC(Cl)N1. The van der Waals surface area contributed by atoms with Crippen LogP contribution in [0.15, 0.2) is 23.9 Å². The van der Waals surface area contributed by atoms with Crippen LogP contribution in [0.25, 0.3) is 0 Å². The predicted molar refractivity (Wildman–Crippen MR) is 36.1 cm³/mol. The second-order valence-corrected chi connectivity index (χ2v) is 2.48. The molecule has 1 nitrogen and oxygen atoms in total. The lowest BCUT2D eigenvalue weighted by atomic mass is 10.3. The fourth-order valence-corrected chi connectivity index (χ4v) is 0.872. The Hall–Kier alpha value is -0.640. The Morgan fingerprint density at radius 3 is 2.45 bits per heavy atom. The highest BCUT2D eigenvalue weighted by atomic mass is 35.5. The van der Waals surface area contributed by atoms with E-state index in [0.29, 0.717) is 0 Å². The van der Waals surface area contributed by atoms with E-state index < -0.39 is 17.4 Å². The summed E-state index contributed by atoms with van der Waals surface area (Å²) >= 11 is 5.38. The van der Waals surface area contributed by atoms with Crippen LogP contribution in [0.3, 0.4) is 0 Å². The number of allylic oxidation sites excluding steroid dienone is 3. The van der Waals surface area contributed by atoms with Crippen LogP contribution in [0.4, 0.5) is 13.2 Å². The molecule has 0 saturated carbocycles. The van der Waals surface area contributed by atoms with Crippen molar-refractivity contribution in [1.82, 2.24) is 5.32 Å². The third-order valence-electron chi connectivity index (χ3n) is 1.14. The lowest BCUT2D eigenvalue weighted by Gasteiger charge is -2.18. The summed E-state index contributed by atoms with van der Waals surface area (Å²) in [6.45, 7) is 0. The number of nitrogens with one attached hydrogen (secondary N) is 1. The lowest BCUT2D eigenvalue weighted by molar-refractivity contribution is -0.0969. The Labute approximate surface area is 66.5 Å². The Balaban J connectivity index is 2.75. The smallest absolute Gasteiger partial charge is 0.362 e. The first-order chi connectivity index (χ1) is 5.00. The molecule has 1 N–H and O–H groups in total. The molecule has 0 spiro atoms. The summed E-state index contributed by atoms with van der Waals surface area (Å²) in [7, 11) is 0. The number of hydrogen-bond acceptors (Lipinski definition) is 1. The van der Waals surface area contributed by atoms with E-state index in [4.69, 9.17) is 11.6 Å². The van der Waals surface area contributed by atoms with E-state index in [1.807, 2.05) is 0 Å². The first-order valence-electron chi connectivity index (χ1n) is 2.86. The van der Waals surface area contributed by atoms with Crippen LogP contribution in [-0.4, -0.2) is 11.7 Å². The van der Waals surface area contributed by atoms with Crippen LogP contribution in [0.5, 0.6) is 0 Å². The third-order valence-corrected chi connectivity index (χ3v) is 1.40. The second kappa shape index (κ2) is 2.77. The van der Waals surface area contributed by atoms with Crippen LogP contribution in [0.1, 0.15) is 0 Å². The molecule has 11 heavy (non-hydrogen) atoms. The minimum atomic E-state index is -4.34. The molecule has 0 radical (unpaired) electrons. The topological polar surface area (TPSA) is 12.0 Å². The molecule has 1 atom stereocenters. The summed E-state index contributed by atoms with van der Waals surface area (Å²) in [6, 6.07) is 0. The zero-order chi connectivity index (χ0) is 8.48. The quantitative estimate of drug-likeness (QED) is 0.448. The molecule has 0 aromatic heterocycles. The Kier molecular flexibility index (Phi) is 2.13. The summed E-state index contributed by atoms with van der Waals surface area (Å²) in [6.07, 6.45) is -0.690. The van der Waals surface area contributed by atoms with Gasteiger partial charge in [-0.1, -0.05) is 17.7 Å². The third kappa shape index (κ3) is 2.15. The highest BCUT2D eigenvalue weighted by molar-refractivity contribution is 6.21. The Morgan fingerprint density at radius 2 is 2.09 bits per heavy atom. The van der Waals surface area contributed by atoms with Crippen LogP contribution in [-0.2, 0) is 0 Å². The number of alkyl halides is 4. The zero-order valence-corrected chi connectivity index (χ0v) is 6.08. The van der Waals surface area contributed by atoms with Gasteiger partial charge in [-0.25, -0.2) is 0 Å². The van der Waals surface area contributed by atoms with Crippen molar-refractivity contribution >= 4 is 11.6 Å². The van der Waals surface area contributed by atoms with E-state index in [1.165, 1.54) is 12.2 Å². The van der Waals surface area contributed by atoms with Crippen LogP contribution < -0.4 is 5.32 Å². The number of rotatable bonds is 0. The highest BCUT2D eigenvalue weighted by Gasteiger charge is 2.34. The van der Waals surface area contributed by atoms with E-state index >= 15 is 0 Å². The van der Waals surface area contributed by atoms with Crippen molar-refractivity contribution in [2.45, 2.75) is 11.7 Å². The van der Waals surface area contributed by atoms with Crippen molar-refractivity contribution in [3.05, 3.63) is 23.9 Å². The van der Waals surface area contributed by atoms with Crippen molar-refractivity contribution in [3.63, 3.8) is 0 Å². The normalized spacial score (nSPS) is 24.4. The summed E-state index contributed by atoms with van der Waals surface area (Å²) in [5.41, 5.74) is -1.57. The molecule has 0 aromatic carbocycles. The van der Waals surface area contributed by atoms with Gasteiger partial charge in [0.15, 0.2) is 0 Å². The lowest BCUT2D eigenvalue weighted by Crippen LogP contribution is -2.32. The highest BCUT2D eigenvalue weighted by Crippen LogP contribution is 2.25. The van der Waals surface area contributed by atoms with Gasteiger partial charge in [-0.3, -0.25) is 0 Å². The van der Waals surface area contributed by atoms with Gasteiger partial charge < -0.3 is 5.32 Å². The molecule has 0 amide bonds. The van der Waals surface area contributed by atoms with Crippen LogP contribution in [0.2, 0.25) is 0 Å². The molecule has 1 unspecified atom stereocenters. The van der Waals surface area contributed by atoms with Gasteiger partial charge in [0.05, 0.1) is 0 Å². The first-order valence-corrected chi connectivity index (χ1v) is 3.30. The molecule has 0 aromatic rings. The van der Waals surface area contributed by atoms with Gasteiger partial charge in [0.1, 0.15) is 11.2 Å². The summed E-state index contributed by atoms with van der Waals surface area (Å²) in [4.78, 5) is 0. The van der Waals surface area contributed by atoms with Crippen molar-refractivity contribution in [2.75, 3.05) is 0 Å². The van der Waals surface area contributed by atoms with E-state index in [9.17, 15) is 13.2 Å². The van der Waals surface area contributed by atoms with Gasteiger partial charge in [0.2, 0.25) is 0 Å². The number of dihydropyridines is 1. The van der Waals surface area contributed by atoms with E-state index in [-0.39, 0.29) is 0 Å². The molecule has 0 aliphatic carbocycles. The van der Waals surface area contributed by atoms with Gasteiger partial charge in [0, 0.05) is 0 Å². The maximum atomic E-state index is 11.9. The molecular formula is C6H5ClF3N. The summed E-state index contributed by atoms with van der Waals surface area (Å²) in [5, 5.41) is 2.07. The van der Waals surface area contributed by atoms with Crippen molar-refractivity contribution in [1.29, 1.82) is 0 Å². The molecule has 0 fully saturated rings. The van der Waals surface area contributed by atoms with E-state index in [0.717, 1.165) is 6.08 Å². The van der Waals surface area contributed by atoms with Gasteiger partial charge in [0.25, 0.3) is 0 Å². The van der Waals surface area contributed by atoms with Gasteiger partial charge in [-0.15, -0.1) is 0 Å². The average molecular weight is 184 g/mol. The molecule has 1 heterocycles. The maximum Gasteiger partial charge on any atom is 0.430 e. The fraction of sp³-hybridized carbons (Fsp3) is 0.333. The molecule has 0 saturated heterocycles. The molecule has 1 aliphatic heterocycles. The Bertz CT molecular complexity index is 206. The molecule has 0 bridgehead atoms. The minimum Gasteiger partial charge on any atom is -0.362 e. The Morgan fingerprint density at radius 1 is 1.45 bits per heavy atom.